The first kappa shape index (κ1) is 12.8. The van der Waals surface area contributed by atoms with Gasteiger partial charge in [0.25, 0.3) is 0 Å². The van der Waals surface area contributed by atoms with Crippen molar-refractivity contribution in [3.8, 4) is 11.8 Å². The van der Waals surface area contributed by atoms with Crippen LogP contribution in [0.15, 0.2) is 24.3 Å². The molecule has 0 aromatic heterocycles. The Labute approximate surface area is 100 Å². The molecule has 0 aliphatic carbocycles. The number of carbonyl (C=O) groups is 1. The number of nitrogens with zero attached hydrogens (tertiary/aromatic N) is 1. The SMILES string of the molecule is COc1cccc(NC(=O)NC(C)(C)C#N)c1. The Bertz CT molecular complexity index is 449. The molecular weight excluding hydrogens is 218 g/mol. The van der Waals surface area contributed by atoms with Gasteiger partial charge in [0, 0.05) is 11.8 Å². The summed E-state index contributed by atoms with van der Waals surface area (Å²) < 4.78 is 5.03. The van der Waals surface area contributed by atoms with Crippen LogP contribution in [0, 0.1) is 11.3 Å². The molecule has 0 saturated carbocycles. The number of amides is 2. The van der Waals surface area contributed by atoms with E-state index in [0.717, 1.165) is 0 Å². The lowest BCUT2D eigenvalue weighted by molar-refractivity contribution is 0.246. The fourth-order valence-corrected chi connectivity index (χ4v) is 1.17. The van der Waals surface area contributed by atoms with Gasteiger partial charge in [-0.2, -0.15) is 5.26 Å². The van der Waals surface area contributed by atoms with Crippen LogP contribution in [0.25, 0.3) is 0 Å². The molecule has 0 unspecified atom stereocenters. The highest BCUT2D eigenvalue weighted by Crippen LogP contribution is 2.16. The minimum atomic E-state index is -0.900. The zero-order valence-corrected chi connectivity index (χ0v) is 10.1. The molecule has 2 N–H and O–H groups in total. The van der Waals surface area contributed by atoms with Crippen molar-refractivity contribution in [3.05, 3.63) is 24.3 Å². The van der Waals surface area contributed by atoms with Crippen molar-refractivity contribution < 1.29 is 9.53 Å². The Morgan fingerprint density at radius 2 is 2.18 bits per heavy atom. The Morgan fingerprint density at radius 1 is 1.47 bits per heavy atom. The number of urea groups is 1. The number of hydrogen-bond acceptors (Lipinski definition) is 3. The van der Waals surface area contributed by atoms with Gasteiger partial charge in [0.1, 0.15) is 11.3 Å². The second-order valence-electron chi connectivity index (χ2n) is 4.05. The molecule has 5 nitrogen and oxygen atoms in total. The van der Waals surface area contributed by atoms with Gasteiger partial charge < -0.3 is 15.4 Å². The van der Waals surface area contributed by atoms with E-state index in [2.05, 4.69) is 10.6 Å². The van der Waals surface area contributed by atoms with Crippen LogP contribution in [0.5, 0.6) is 5.75 Å². The van der Waals surface area contributed by atoms with Crippen molar-refractivity contribution in [2.24, 2.45) is 0 Å². The third kappa shape index (κ3) is 4.03. The topological polar surface area (TPSA) is 74.2 Å². The van der Waals surface area contributed by atoms with Gasteiger partial charge in [-0.05, 0) is 26.0 Å². The molecule has 0 spiro atoms. The second kappa shape index (κ2) is 5.21. The Morgan fingerprint density at radius 3 is 2.76 bits per heavy atom. The summed E-state index contributed by atoms with van der Waals surface area (Å²) in [7, 11) is 1.55. The monoisotopic (exact) mass is 233 g/mol. The molecule has 0 aliphatic rings. The Hall–Kier alpha value is -2.22. The third-order valence-corrected chi connectivity index (χ3v) is 2.03. The van der Waals surface area contributed by atoms with Crippen molar-refractivity contribution in [1.29, 1.82) is 5.26 Å². The van der Waals surface area contributed by atoms with Gasteiger partial charge in [0.2, 0.25) is 0 Å². The molecule has 0 heterocycles. The quantitative estimate of drug-likeness (QED) is 0.839. The van der Waals surface area contributed by atoms with Gasteiger partial charge >= 0.3 is 6.03 Å². The highest BCUT2D eigenvalue weighted by atomic mass is 16.5. The summed E-state index contributed by atoms with van der Waals surface area (Å²) in [6.45, 7) is 3.25. The summed E-state index contributed by atoms with van der Waals surface area (Å²) in [6.07, 6.45) is 0. The average Bonchev–Trinajstić information content (AvgIpc) is 2.28. The smallest absolute Gasteiger partial charge is 0.320 e. The van der Waals surface area contributed by atoms with Crippen LogP contribution in [0.2, 0.25) is 0 Å². The molecule has 2 amide bonds. The van der Waals surface area contributed by atoms with E-state index in [0.29, 0.717) is 11.4 Å². The standard InChI is InChI=1S/C12H15N3O2/c1-12(2,8-13)15-11(16)14-9-5-4-6-10(7-9)17-3/h4-7H,1-3H3,(H2,14,15,16). The van der Waals surface area contributed by atoms with Crippen molar-refractivity contribution in [1.82, 2.24) is 5.32 Å². The van der Waals surface area contributed by atoms with Gasteiger partial charge in [-0.1, -0.05) is 6.07 Å². The van der Waals surface area contributed by atoms with E-state index >= 15 is 0 Å². The van der Waals surface area contributed by atoms with Gasteiger partial charge in [-0.3, -0.25) is 0 Å². The van der Waals surface area contributed by atoms with Crippen molar-refractivity contribution >= 4 is 11.7 Å². The molecule has 1 rings (SSSR count). The minimum Gasteiger partial charge on any atom is -0.497 e. The molecule has 0 bridgehead atoms. The normalized spacial score (nSPS) is 10.2. The number of rotatable bonds is 3. The highest BCUT2D eigenvalue weighted by molar-refractivity contribution is 5.90. The van der Waals surface area contributed by atoms with Gasteiger partial charge in [-0.15, -0.1) is 0 Å². The van der Waals surface area contributed by atoms with Gasteiger partial charge in [0.05, 0.1) is 13.2 Å². The molecule has 1 aromatic carbocycles. The number of nitrogens with one attached hydrogen (secondary N) is 2. The minimum absolute atomic E-state index is 0.426. The molecule has 0 radical (unpaired) electrons. The third-order valence-electron chi connectivity index (χ3n) is 2.03. The zero-order valence-electron chi connectivity index (χ0n) is 10.1. The van der Waals surface area contributed by atoms with E-state index in [-0.39, 0.29) is 0 Å². The summed E-state index contributed by atoms with van der Waals surface area (Å²) in [5.41, 5.74) is -0.293. The maximum atomic E-state index is 11.6. The molecule has 0 saturated heterocycles. The van der Waals surface area contributed by atoms with E-state index in [9.17, 15) is 4.79 Å². The molecule has 17 heavy (non-hydrogen) atoms. The first-order chi connectivity index (χ1) is 7.96. The summed E-state index contributed by atoms with van der Waals surface area (Å²) >= 11 is 0. The number of hydrogen-bond donors (Lipinski definition) is 2. The van der Waals surface area contributed by atoms with Gasteiger partial charge in [0.15, 0.2) is 0 Å². The lowest BCUT2D eigenvalue weighted by Gasteiger charge is -2.17. The number of ether oxygens (including phenoxy) is 1. The fourth-order valence-electron chi connectivity index (χ4n) is 1.17. The lowest BCUT2D eigenvalue weighted by Crippen LogP contribution is -2.44. The number of nitriles is 1. The Balaban J connectivity index is 2.66. The van der Waals surface area contributed by atoms with Crippen LogP contribution in [0.3, 0.4) is 0 Å². The molecule has 0 aliphatic heterocycles. The van der Waals surface area contributed by atoms with Crippen LogP contribution in [-0.4, -0.2) is 18.7 Å². The molecule has 0 fully saturated rings. The lowest BCUT2D eigenvalue weighted by atomic mass is 10.1. The van der Waals surface area contributed by atoms with Crippen LogP contribution in [-0.2, 0) is 0 Å². The summed E-state index contributed by atoms with van der Waals surface area (Å²) in [5.74, 6) is 0.655. The first-order valence-corrected chi connectivity index (χ1v) is 5.11. The van der Waals surface area contributed by atoms with Crippen molar-refractivity contribution in [2.45, 2.75) is 19.4 Å². The van der Waals surface area contributed by atoms with Gasteiger partial charge in [-0.25, -0.2) is 4.79 Å². The van der Waals surface area contributed by atoms with E-state index in [4.69, 9.17) is 10.00 Å². The number of benzene rings is 1. The predicted molar refractivity (Wildman–Crippen MR) is 64.8 cm³/mol. The fraction of sp³-hybridized carbons (Fsp3) is 0.333. The highest BCUT2D eigenvalue weighted by Gasteiger charge is 2.19. The largest absolute Gasteiger partial charge is 0.497 e. The van der Waals surface area contributed by atoms with Crippen molar-refractivity contribution in [2.75, 3.05) is 12.4 Å². The van der Waals surface area contributed by atoms with Crippen LogP contribution in [0.1, 0.15) is 13.8 Å². The van der Waals surface area contributed by atoms with Crippen LogP contribution in [0.4, 0.5) is 10.5 Å². The summed E-state index contributed by atoms with van der Waals surface area (Å²) in [4.78, 5) is 11.6. The molecule has 90 valence electrons. The first-order valence-electron chi connectivity index (χ1n) is 5.11. The number of carbonyl (C=O) groups excluding carboxylic acids is 1. The van der Waals surface area contributed by atoms with Crippen LogP contribution >= 0.6 is 0 Å². The maximum Gasteiger partial charge on any atom is 0.320 e. The maximum absolute atomic E-state index is 11.6. The molecule has 1 aromatic rings. The summed E-state index contributed by atoms with van der Waals surface area (Å²) in [5, 5.41) is 13.9. The van der Waals surface area contributed by atoms with Crippen molar-refractivity contribution in [3.63, 3.8) is 0 Å². The molecular formula is C12H15N3O2. The van der Waals surface area contributed by atoms with E-state index in [1.165, 1.54) is 0 Å². The van der Waals surface area contributed by atoms with E-state index in [1.807, 2.05) is 6.07 Å². The summed E-state index contributed by atoms with van der Waals surface area (Å²) in [6, 6.07) is 8.54. The average molecular weight is 233 g/mol. The predicted octanol–water partition coefficient (Wildman–Crippen LogP) is 2.12. The molecule has 0 atom stereocenters. The van der Waals surface area contributed by atoms with E-state index < -0.39 is 11.6 Å². The zero-order chi connectivity index (χ0) is 12.9. The molecule has 5 heteroatoms. The number of methoxy groups -OCH3 is 1. The number of anilines is 1. The second-order valence-corrected chi connectivity index (χ2v) is 4.05. The van der Waals surface area contributed by atoms with Crippen LogP contribution < -0.4 is 15.4 Å². The van der Waals surface area contributed by atoms with E-state index in [1.54, 1.807) is 45.2 Å². The Kier molecular flexibility index (Phi) is 3.94.